The molecule has 0 radical (unpaired) electrons. The molecule has 0 bridgehead atoms. The minimum absolute atomic E-state index is 0. The lowest BCUT2D eigenvalue weighted by Crippen LogP contribution is -2.39. The van der Waals surface area contributed by atoms with E-state index in [1.165, 1.54) is 5.56 Å². The Morgan fingerprint density at radius 3 is 2.50 bits per heavy atom. The summed E-state index contributed by atoms with van der Waals surface area (Å²) in [5.41, 5.74) is 13.6. The molecular weight excluding hydrogens is 368 g/mol. The molecular formula is C13H27Cl4N5. The molecule has 5 nitrogen and oxygen atoms in total. The van der Waals surface area contributed by atoms with E-state index >= 15 is 0 Å². The van der Waals surface area contributed by atoms with Crippen LogP contribution in [0.5, 0.6) is 0 Å². The van der Waals surface area contributed by atoms with E-state index in [4.69, 9.17) is 11.5 Å². The van der Waals surface area contributed by atoms with Crippen molar-refractivity contribution in [2.24, 2.45) is 11.7 Å². The Hall–Kier alpha value is -0.01000. The molecule has 1 aliphatic heterocycles. The zero-order chi connectivity index (χ0) is 13.0. The molecule has 0 spiro atoms. The van der Waals surface area contributed by atoms with Gasteiger partial charge in [0.25, 0.3) is 0 Å². The normalized spacial score (nSPS) is 19.2. The second-order valence-electron chi connectivity index (χ2n) is 5.03. The minimum Gasteiger partial charge on any atom is -0.384 e. The van der Waals surface area contributed by atoms with Crippen LogP contribution in [0.2, 0.25) is 0 Å². The fraction of sp³-hybridized carbons (Fsp3) is 0.615. The van der Waals surface area contributed by atoms with Crippen LogP contribution in [0.25, 0.3) is 0 Å². The van der Waals surface area contributed by atoms with Crippen LogP contribution < -0.4 is 22.1 Å². The number of aryl methyl sites for hydroxylation is 1. The average Bonchev–Trinajstić information content (AvgIpc) is 2.72. The van der Waals surface area contributed by atoms with Gasteiger partial charge in [-0.05, 0) is 43.5 Å². The summed E-state index contributed by atoms with van der Waals surface area (Å²) in [5.74, 6) is 1.17. The van der Waals surface area contributed by atoms with Gasteiger partial charge < -0.3 is 22.1 Å². The van der Waals surface area contributed by atoms with Crippen molar-refractivity contribution in [3.8, 4) is 0 Å². The Bertz CT molecular complexity index is 388. The van der Waals surface area contributed by atoms with Crippen molar-refractivity contribution in [1.82, 2.24) is 15.6 Å². The van der Waals surface area contributed by atoms with Gasteiger partial charge in [0.1, 0.15) is 5.82 Å². The fourth-order valence-electron chi connectivity index (χ4n) is 2.60. The second kappa shape index (κ2) is 13.4. The largest absolute Gasteiger partial charge is 0.384 e. The maximum Gasteiger partial charge on any atom is 0.123 e. The van der Waals surface area contributed by atoms with Crippen LogP contribution in [0.1, 0.15) is 11.3 Å². The topological polar surface area (TPSA) is 89.0 Å². The molecule has 1 fully saturated rings. The van der Waals surface area contributed by atoms with E-state index in [2.05, 4.69) is 28.6 Å². The molecule has 0 saturated carbocycles. The fourth-order valence-corrected chi connectivity index (χ4v) is 2.60. The quantitative estimate of drug-likeness (QED) is 0.605. The van der Waals surface area contributed by atoms with Crippen molar-refractivity contribution in [3.05, 3.63) is 23.4 Å². The number of rotatable bonds is 5. The van der Waals surface area contributed by atoms with E-state index in [9.17, 15) is 0 Å². The highest BCUT2D eigenvalue weighted by Gasteiger charge is 2.26. The maximum absolute atomic E-state index is 5.79. The van der Waals surface area contributed by atoms with Crippen LogP contribution in [-0.4, -0.2) is 37.2 Å². The van der Waals surface area contributed by atoms with Crippen LogP contribution in [0, 0.1) is 12.8 Å². The number of nitrogens with two attached hydrogens (primary N) is 2. The Morgan fingerprint density at radius 2 is 1.91 bits per heavy atom. The summed E-state index contributed by atoms with van der Waals surface area (Å²) in [7, 11) is 0. The van der Waals surface area contributed by atoms with Crippen molar-refractivity contribution in [2.75, 3.05) is 31.9 Å². The third-order valence-corrected chi connectivity index (χ3v) is 3.40. The van der Waals surface area contributed by atoms with Crippen LogP contribution in [0.3, 0.4) is 0 Å². The van der Waals surface area contributed by atoms with E-state index in [0.717, 1.165) is 31.7 Å². The minimum atomic E-state index is 0. The summed E-state index contributed by atoms with van der Waals surface area (Å²) in [6, 6.07) is 4.51. The van der Waals surface area contributed by atoms with Crippen molar-refractivity contribution >= 4 is 55.4 Å². The third-order valence-electron chi connectivity index (χ3n) is 3.40. The van der Waals surface area contributed by atoms with Gasteiger partial charge in [0.2, 0.25) is 0 Å². The molecule has 0 unspecified atom stereocenters. The lowest BCUT2D eigenvalue weighted by Gasteiger charge is -2.19. The Balaban J connectivity index is -0.000000902. The van der Waals surface area contributed by atoms with Gasteiger partial charge in [-0.25, -0.2) is 4.98 Å². The van der Waals surface area contributed by atoms with E-state index in [-0.39, 0.29) is 49.6 Å². The van der Waals surface area contributed by atoms with Crippen LogP contribution in [0.15, 0.2) is 12.1 Å². The van der Waals surface area contributed by atoms with Crippen LogP contribution in [0.4, 0.5) is 5.82 Å². The molecule has 1 aliphatic rings. The smallest absolute Gasteiger partial charge is 0.123 e. The Morgan fingerprint density at radius 1 is 1.23 bits per heavy atom. The molecule has 6 N–H and O–H groups in total. The number of nitrogens with one attached hydrogen (secondary N) is 2. The number of hydrogen-bond donors (Lipinski definition) is 4. The number of nitrogens with zero attached hydrogens (tertiary/aromatic N) is 1. The van der Waals surface area contributed by atoms with Gasteiger partial charge in [-0.1, -0.05) is 0 Å². The molecule has 2 atom stereocenters. The van der Waals surface area contributed by atoms with Gasteiger partial charge in [-0.3, -0.25) is 0 Å². The first kappa shape index (κ1) is 26.9. The summed E-state index contributed by atoms with van der Waals surface area (Å²) >= 11 is 0. The molecule has 0 aliphatic carbocycles. The van der Waals surface area contributed by atoms with Gasteiger partial charge in [-0.2, -0.15) is 0 Å². The summed E-state index contributed by atoms with van der Waals surface area (Å²) < 4.78 is 0. The zero-order valence-electron chi connectivity index (χ0n) is 12.6. The first-order chi connectivity index (χ1) is 8.69. The summed E-state index contributed by atoms with van der Waals surface area (Å²) in [5, 5.41) is 6.90. The predicted octanol–water partition coefficient (Wildman–Crippen LogP) is 1.34. The second-order valence-corrected chi connectivity index (χ2v) is 5.03. The first-order valence-corrected chi connectivity index (χ1v) is 6.56. The third kappa shape index (κ3) is 8.02. The molecule has 0 amide bonds. The van der Waals surface area contributed by atoms with Gasteiger partial charge in [0.15, 0.2) is 0 Å². The first-order valence-electron chi connectivity index (χ1n) is 6.56. The van der Waals surface area contributed by atoms with E-state index < -0.39 is 0 Å². The molecule has 1 aromatic rings. The van der Waals surface area contributed by atoms with E-state index in [1.807, 2.05) is 6.07 Å². The van der Waals surface area contributed by atoms with E-state index in [1.54, 1.807) is 0 Å². The number of pyridine rings is 1. The maximum atomic E-state index is 5.79. The Labute approximate surface area is 157 Å². The lowest BCUT2D eigenvalue weighted by atomic mass is 9.97. The molecule has 1 saturated heterocycles. The number of halogens is 4. The van der Waals surface area contributed by atoms with Crippen LogP contribution in [-0.2, 0) is 6.42 Å². The predicted molar refractivity (Wildman–Crippen MR) is 103 cm³/mol. The lowest BCUT2D eigenvalue weighted by molar-refractivity contribution is 0.426. The summed E-state index contributed by atoms with van der Waals surface area (Å²) in [4.78, 5) is 4.41. The van der Waals surface area contributed by atoms with Crippen molar-refractivity contribution in [1.29, 1.82) is 0 Å². The highest BCUT2D eigenvalue weighted by atomic mass is 35.5. The number of nitrogen functional groups attached to an aromatic ring is 1. The van der Waals surface area contributed by atoms with Gasteiger partial charge >= 0.3 is 0 Å². The SMILES string of the molecule is Cc1cc(N)nc(C[C@H]2CNC[C@@H]2NCCN)c1.Cl.Cl.Cl.Cl. The van der Waals surface area contributed by atoms with Gasteiger partial charge in [-0.15, -0.1) is 49.6 Å². The summed E-state index contributed by atoms with van der Waals surface area (Å²) in [6.45, 7) is 5.63. The van der Waals surface area contributed by atoms with E-state index in [0.29, 0.717) is 24.3 Å². The molecule has 9 heteroatoms. The molecule has 2 heterocycles. The van der Waals surface area contributed by atoms with Gasteiger partial charge in [0, 0.05) is 31.4 Å². The molecule has 1 aromatic heterocycles. The molecule has 0 aromatic carbocycles. The van der Waals surface area contributed by atoms with Crippen LogP contribution >= 0.6 is 49.6 Å². The average molecular weight is 395 g/mol. The standard InChI is InChI=1S/C13H23N5.4ClH/c1-9-4-11(18-13(15)5-9)6-10-7-16-8-12(10)17-3-2-14;;;;/h4-5,10,12,16-17H,2-3,6-8,14H2,1H3,(H2,15,18);4*1H/t10-,12-;;;;/m0..../s1. The van der Waals surface area contributed by atoms with Crippen molar-refractivity contribution in [3.63, 3.8) is 0 Å². The van der Waals surface area contributed by atoms with Gasteiger partial charge in [0.05, 0.1) is 0 Å². The highest BCUT2D eigenvalue weighted by Crippen LogP contribution is 2.16. The van der Waals surface area contributed by atoms with Crippen molar-refractivity contribution < 1.29 is 0 Å². The Kier molecular flexibility index (Phi) is 16.4. The van der Waals surface area contributed by atoms with Crippen molar-refractivity contribution in [2.45, 2.75) is 19.4 Å². The molecule has 2 rings (SSSR count). The number of anilines is 1. The molecule has 132 valence electrons. The monoisotopic (exact) mass is 393 g/mol. The number of aromatic nitrogens is 1. The summed E-state index contributed by atoms with van der Waals surface area (Å²) in [6.07, 6.45) is 0.959. The highest BCUT2D eigenvalue weighted by molar-refractivity contribution is 5.86. The number of hydrogen-bond acceptors (Lipinski definition) is 5. The zero-order valence-corrected chi connectivity index (χ0v) is 15.8. The molecule has 22 heavy (non-hydrogen) atoms.